The van der Waals surface area contributed by atoms with Crippen LogP contribution in [0.3, 0.4) is 0 Å². The fraction of sp³-hybridized carbons (Fsp3) is 0.700. The molecule has 0 N–H and O–H groups in total. The Bertz CT molecular complexity index is 459. The van der Waals surface area contributed by atoms with Crippen LogP contribution in [-0.4, -0.2) is 8.07 Å². The molecule has 120 valence electrons. The molecule has 21 heavy (non-hydrogen) atoms. The van der Waals surface area contributed by atoms with Crippen molar-refractivity contribution in [3.8, 4) is 0 Å². The summed E-state index contributed by atoms with van der Waals surface area (Å²) in [6.07, 6.45) is 0. The predicted molar refractivity (Wildman–Crippen MR) is 101 cm³/mol. The third-order valence-corrected chi connectivity index (χ3v) is 12.7. The van der Waals surface area contributed by atoms with Crippen molar-refractivity contribution < 1.29 is 0 Å². The second-order valence-corrected chi connectivity index (χ2v) is 14.0. The van der Waals surface area contributed by atoms with Gasteiger partial charge >= 0.3 is 0 Å². The Balaban J connectivity index is 3.67. The Morgan fingerprint density at radius 3 is 1.48 bits per heavy atom. The van der Waals surface area contributed by atoms with E-state index in [4.69, 9.17) is 0 Å². The molecule has 0 aliphatic carbocycles. The second-order valence-electron chi connectivity index (χ2n) is 8.06. The highest BCUT2D eigenvalue weighted by Crippen LogP contribution is 2.41. The Morgan fingerprint density at radius 2 is 1.14 bits per heavy atom. The Kier molecular flexibility index (Phi) is 5.88. The zero-order valence-electron chi connectivity index (χ0n) is 16.0. The molecule has 1 rings (SSSR count). The van der Waals surface area contributed by atoms with Gasteiger partial charge in [0.2, 0.25) is 0 Å². The van der Waals surface area contributed by atoms with E-state index in [1.807, 2.05) is 0 Å². The molecule has 0 saturated carbocycles. The monoisotopic (exact) mass is 304 g/mol. The quantitative estimate of drug-likeness (QED) is 0.559. The molecule has 0 unspecified atom stereocenters. The van der Waals surface area contributed by atoms with Gasteiger partial charge in [0.05, 0.1) is 8.07 Å². The van der Waals surface area contributed by atoms with Gasteiger partial charge in [0.25, 0.3) is 0 Å². The maximum atomic E-state index is 2.57. The minimum Gasteiger partial charge on any atom is -0.0648 e. The van der Waals surface area contributed by atoms with Crippen molar-refractivity contribution in [2.45, 2.75) is 91.8 Å². The van der Waals surface area contributed by atoms with Gasteiger partial charge in [-0.1, -0.05) is 72.7 Å². The zero-order chi connectivity index (χ0) is 16.5. The molecule has 0 nitrogen and oxygen atoms in total. The van der Waals surface area contributed by atoms with E-state index >= 15 is 0 Å². The zero-order valence-corrected chi connectivity index (χ0v) is 17.0. The van der Waals surface area contributed by atoms with E-state index < -0.39 is 8.07 Å². The van der Waals surface area contributed by atoms with Crippen molar-refractivity contribution in [2.75, 3.05) is 0 Å². The van der Waals surface area contributed by atoms with Crippen LogP contribution in [0.1, 0.15) is 78.0 Å². The highest BCUT2D eigenvalue weighted by molar-refractivity contribution is 6.95. The average Bonchev–Trinajstić information content (AvgIpc) is 2.32. The Hall–Kier alpha value is -0.563. The molecule has 0 saturated heterocycles. The van der Waals surface area contributed by atoms with Gasteiger partial charge in [0, 0.05) is 0 Å². The summed E-state index contributed by atoms with van der Waals surface area (Å²) in [6.45, 7) is 24.0. The van der Waals surface area contributed by atoms with Crippen LogP contribution in [0.25, 0.3) is 0 Å². The summed E-state index contributed by atoms with van der Waals surface area (Å²) < 4.78 is 0. The molecule has 0 spiro atoms. The highest BCUT2D eigenvalue weighted by Gasteiger charge is 2.44. The first kappa shape index (κ1) is 18.5. The molecule has 1 heteroatoms. The van der Waals surface area contributed by atoms with Crippen LogP contribution in [0, 0.1) is 13.8 Å². The first-order valence-electron chi connectivity index (χ1n) is 8.68. The largest absolute Gasteiger partial charge is 0.0942 e. The molecule has 0 aromatic heterocycles. The fourth-order valence-electron chi connectivity index (χ4n) is 4.74. The molecule has 0 fully saturated rings. The summed E-state index contributed by atoms with van der Waals surface area (Å²) in [4.78, 5) is 0. The SMILES string of the molecule is Cc1cc([Si](C(C)C)(C(C)C)C(C)C)cc(C(C)C)c1C. The van der Waals surface area contributed by atoms with Crippen LogP contribution in [0.5, 0.6) is 0 Å². The molecule has 0 heterocycles. The minimum absolute atomic E-state index is 0.613. The summed E-state index contributed by atoms with van der Waals surface area (Å²) >= 11 is 0. The normalized spacial score (nSPS) is 13.0. The van der Waals surface area contributed by atoms with Crippen LogP contribution < -0.4 is 5.19 Å². The summed E-state index contributed by atoms with van der Waals surface area (Å²) in [5.74, 6) is 0.613. The molecule has 0 bridgehead atoms. The smallest absolute Gasteiger partial charge is 0.0648 e. The first-order chi connectivity index (χ1) is 9.56. The lowest BCUT2D eigenvalue weighted by Gasteiger charge is -2.44. The van der Waals surface area contributed by atoms with E-state index in [1.54, 1.807) is 10.8 Å². The summed E-state index contributed by atoms with van der Waals surface area (Å²) in [5, 5.41) is 1.69. The molecule has 1 aromatic rings. The summed E-state index contributed by atoms with van der Waals surface area (Å²) in [6, 6.07) is 5.09. The molecular formula is C20H36Si. The maximum absolute atomic E-state index is 2.57. The molecular weight excluding hydrogens is 268 g/mol. The summed E-state index contributed by atoms with van der Waals surface area (Å²) in [7, 11) is -1.54. The lowest BCUT2D eigenvalue weighted by atomic mass is 9.95. The minimum atomic E-state index is -1.54. The van der Waals surface area contributed by atoms with Gasteiger partial charge in [-0.15, -0.1) is 0 Å². The number of benzene rings is 1. The second kappa shape index (κ2) is 6.69. The standard InChI is InChI=1S/C20H36Si/c1-13(2)20-12-19(11-17(9)18(20)10)21(14(3)4,15(5)6)16(7)8/h11-16H,1-10H3. The van der Waals surface area contributed by atoms with Crippen LogP contribution in [-0.2, 0) is 0 Å². The predicted octanol–water partition coefficient (Wildman–Crippen LogP) is 6.31. The molecule has 0 radical (unpaired) electrons. The number of rotatable bonds is 5. The maximum Gasteiger partial charge on any atom is 0.0942 e. The third-order valence-electron chi connectivity index (χ3n) is 5.70. The van der Waals surface area contributed by atoms with Crippen molar-refractivity contribution in [2.24, 2.45) is 0 Å². The topological polar surface area (TPSA) is 0 Å². The molecule has 0 aliphatic rings. The summed E-state index contributed by atoms with van der Waals surface area (Å²) in [5.41, 5.74) is 6.87. The lowest BCUT2D eigenvalue weighted by molar-refractivity contribution is 0.829. The number of aryl methyl sites for hydroxylation is 1. The van der Waals surface area contributed by atoms with E-state index in [9.17, 15) is 0 Å². The van der Waals surface area contributed by atoms with Gasteiger partial charge in [-0.3, -0.25) is 0 Å². The third kappa shape index (κ3) is 3.13. The van der Waals surface area contributed by atoms with Gasteiger partial charge in [-0.2, -0.15) is 0 Å². The van der Waals surface area contributed by atoms with Gasteiger partial charge in [-0.25, -0.2) is 0 Å². The van der Waals surface area contributed by atoms with Gasteiger partial charge in [0.1, 0.15) is 0 Å². The van der Waals surface area contributed by atoms with E-state index in [-0.39, 0.29) is 0 Å². The van der Waals surface area contributed by atoms with Gasteiger partial charge in [-0.05, 0) is 53.1 Å². The van der Waals surface area contributed by atoms with Crippen LogP contribution >= 0.6 is 0 Å². The van der Waals surface area contributed by atoms with Crippen LogP contribution in [0.4, 0.5) is 0 Å². The number of hydrogen-bond donors (Lipinski definition) is 0. The number of hydrogen-bond acceptors (Lipinski definition) is 0. The van der Waals surface area contributed by atoms with Crippen molar-refractivity contribution in [1.82, 2.24) is 0 Å². The van der Waals surface area contributed by atoms with Crippen molar-refractivity contribution >= 4 is 13.3 Å². The molecule has 0 aliphatic heterocycles. The van der Waals surface area contributed by atoms with E-state index in [2.05, 4.69) is 81.4 Å². The first-order valence-corrected chi connectivity index (χ1v) is 10.9. The Morgan fingerprint density at radius 1 is 0.714 bits per heavy atom. The molecule has 0 atom stereocenters. The Labute approximate surface area is 134 Å². The van der Waals surface area contributed by atoms with E-state index in [1.165, 1.54) is 11.1 Å². The lowest BCUT2D eigenvalue weighted by Crippen LogP contribution is -2.55. The van der Waals surface area contributed by atoms with E-state index in [0.717, 1.165) is 16.6 Å². The van der Waals surface area contributed by atoms with Crippen LogP contribution in [0.2, 0.25) is 16.6 Å². The van der Waals surface area contributed by atoms with Gasteiger partial charge in [0.15, 0.2) is 0 Å². The molecule has 0 amide bonds. The average molecular weight is 305 g/mol. The van der Waals surface area contributed by atoms with Crippen molar-refractivity contribution in [3.05, 3.63) is 28.8 Å². The van der Waals surface area contributed by atoms with Crippen molar-refractivity contribution in [1.29, 1.82) is 0 Å². The van der Waals surface area contributed by atoms with Gasteiger partial charge < -0.3 is 0 Å². The van der Waals surface area contributed by atoms with Crippen LogP contribution in [0.15, 0.2) is 12.1 Å². The highest BCUT2D eigenvalue weighted by atomic mass is 28.3. The van der Waals surface area contributed by atoms with E-state index in [0.29, 0.717) is 5.92 Å². The fourth-order valence-corrected chi connectivity index (χ4v) is 11.6. The molecule has 1 aromatic carbocycles. The van der Waals surface area contributed by atoms with Crippen molar-refractivity contribution in [3.63, 3.8) is 0 Å².